The van der Waals surface area contributed by atoms with Gasteiger partial charge in [0.05, 0.1) is 5.69 Å². The molecule has 124 valence electrons. The van der Waals surface area contributed by atoms with Gasteiger partial charge in [-0.3, -0.25) is 0 Å². The molecule has 0 unspecified atom stereocenters. The normalized spacial score (nSPS) is 11.2. The van der Waals surface area contributed by atoms with Crippen LogP contribution in [0.15, 0.2) is 58.5 Å². The van der Waals surface area contributed by atoms with E-state index in [0.29, 0.717) is 10.6 Å². The highest BCUT2D eigenvalue weighted by Gasteiger charge is 2.09. The fraction of sp³-hybridized carbons (Fsp3) is 0.100. The Hall–Kier alpha value is -2.42. The van der Waals surface area contributed by atoms with Crippen LogP contribution in [0.5, 0.6) is 0 Å². The van der Waals surface area contributed by atoms with Crippen LogP contribution in [0.4, 0.5) is 5.69 Å². The van der Waals surface area contributed by atoms with Gasteiger partial charge in [0.2, 0.25) is 0 Å². The molecule has 0 aliphatic rings. The van der Waals surface area contributed by atoms with Crippen LogP contribution in [0.1, 0.15) is 16.1 Å². The van der Waals surface area contributed by atoms with Crippen molar-refractivity contribution in [3.8, 4) is 17.3 Å². The van der Waals surface area contributed by atoms with Crippen LogP contribution in [0.2, 0.25) is 0 Å². The van der Waals surface area contributed by atoms with Crippen molar-refractivity contribution in [1.29, 1.82) is 5.26 Å². The first-order valence-corrected chi connectivity index (χ1v) is 9.40. The maximum Gasteiger partial charge on any atom is 0.136 e. The molecule has 3 rings (SSSR count). The van der Waals surface area contributed by atoms with Gasteiger partial charge >= 0.3 is 0 Å². The zero-order valence-corrected chi connectivity index (χ0v) is 16.3. The van der Waals surface area contributed by atoms with Crippen molar-refractivity contribution in [3.05, 3.63) is 74.7 Å². The van der Waals surface area contributed by atoms with Gasteiger partial charge in [-0.2, -0.15) is 5.26 Å². The van der Waals surface area contributed by atoms with Gasteiger partial charge in [-0.05, 0) is 37.6 Å². The molecule has 3 nitrogen and oxygen atoms in total. The minimum atomic E-state index is 0.520. The van der Waals surface area contributed by atoms with E-state index in [1.54, 1.807) is 6.20 Å². The predicted molar refractivity (Wildman–Crippen MR) is 108 cm³/mol. The Morgan fingerprint density at radius 2 is 2.08 bits per heavy atom. The minimum Gasteiger partial charge on any atom is -0.360 e. The standard InChI is InChI=1S/C20H16BrN3S/c1-13-6-7-18(14(2)8-13)23-11-16(10-22)20-24-19(12-25-20)15-4-3-5-17(21)9-15/h3-9,11-12,23H,1-2H3/b16-11-. The number of rotatable bonds is 4. The molecule has 0 bridgehead atoms. The topological polar surface area (TPSA) is 48.7 Å². The number of anilines is 1. The van der Waals surface area contributed by atoms with Crippen LogP contribution in [-0.4, -0.2) is 4.98 Å². The van der Waals surface area contributed by atoms with E-state index >= 15 is 0 Å². The highest BCUT2D eigenvalue weighted by Crippen LogP contribution is 2.28. The molecule has 0 aliphatic heterocycles. The second kappa shape index (κ2) is 7.64. The number of hydrogen-bond donors (Lipinski definition) is 1. The van der Waals surface area contributed by atoms with Crippen LogP contribution in [0.3, 0.4) is 0 Å². The third-order valence-electron chi connectivity index (χ3n) is 3.73. The molecule has 25 heavy (non-hydrogen) atoms. The highest BCUT2D eigenvalue weighted by atomic mass is 79.9. The second-order valence-electron chi connectivity index (χ2n) is 5.68. The van der Waals surface area contributed by atoms with Crippen molar-refractivity contribution < 1.29 is 0 Å². The molecule has 2 aromatic carbocycles. The van der Waals surface area contributed by atoms with Crippen molar-refractivity contribution in [3.63, 3.8) is 0 Å². The quantitative estimate of drug-likeness (QED) is 0.524. The molecular weight excluding hydrogens is 394 g/mol. The molecule has 0 atom stereocenters. The Morgan fingerprint density at radius 3 is 2.80 bits per heavy atom. The molecule has 0 spiro atoms. The monoisotopic (exact) mass is 409 g/mol. The number of thiazole rings is 1. The molecule has 0 fully saturated rings. The first-order chi connectivity index (χ1) is 12.1. The SMILES string of the molecule is Cc1ccc(N/C=C(/C#N)c2nc(-c3cccc(Br)c3)cs2)c(C)c1. The number of aromatic nitrogens is 1. The lowest BCUT2D eigenvalue weighted by molar-refractivity contribution is 1.35. The zero-order valence-electron chi connectivity index (χ0n) is 13.9. The van der Waals surface area contributed by atoms with Crippen molar-refractivity contribution in [1.82, 2.24) is 4.98 Å². The summed E-state index contributed by atoms with van der Waals surface area (Å²) in [6.45, 7) is 4.11. The minimum absolute atomic E-state index is 0.520. The highest BCUT2D eigenvalue weighted by molar-refractivity contribution is 9.10. The summed E-state index contributed by atoms with van der Waals surface area (Å²) in [4.78, 5) is 4.61. The summed E-state index contributed by atoms with van der Waals surface area (Å²) in [5.41, 5.74) is 5.76. The molecule has 1 N–H and O–H groups in total. The van der Waals surface area contributed by atoms with E-state index < -0.39 is 0 Å². The van der Waals surface area contributed by atoms with Gasteiger partial charge in [0.15, 0.2) is 0 Å². The van der Waals surface area contributed by atoms with E-state index in [4.69, 9.17) is 0 Å². The summed E-state index contributed by atoms with van der Waals surface area (Å²) in [7, 11) is 0. The van der Waals surface area contributed by atoms with Crippen LogP contribution >= 0.6 is 27.3 Å². The van der Waals surface area contributed by atoms with Crippen molar-refractivity contribution in [2.24, 2.45) is 0 Å². The number of nitrogens with zero attached hydrogens (tertiary/aromatic N) is 2. The number of halogens is 1. The molecule has 0 saturated heterocycles. The van der Waals surface area contributed by atoms with Gasteiger partial charge in [0, 0.05) is 27.3 Å². The Labute approximate surface area is 159 Å². The molecule has 3 aromatic rings. The Morgan fingerprint density at radius 1 is 1.24 bits per heavy atom. The van der Waals surface area contributed by atoms with Crippen LogP contribution in [0.25, 0.3) is 16.8 Å². The predicted octanol–water partition coefficient (Wildman–Crippen LogP) is 6.17. The summed E-state index contributed by atoms with van der Waals surface area (Å²) in [6.07, 6.45) is 1.72. The van der Waals surface area contributed by atoms with E-state index in [9.17, 15) is 5.26 Å². The maximum atomic E-state index is 9.50. The number of nitriles is 1. The van der Waals surface area contributed by atoms with Crippen LogP contribution in [0, 0.1) is 25.2 Å². The summed E-state index contributed by atoms with van der Waals surface area (Å²) >= 11 is 4.94. The zero-order chi connectivity index (χ0) is 17.8. The summed E-state index contributed by atoms with van der Waals surface area (Å²) in [6, 6.07) is 16.4. The molecular formula is C20H16BrN3S. The number of aryl methyl sites for hydroxylation is 2. The van der Waals surface area contributed by atoms with Crippen LogP contribution in [-0.2, 0) is 0 Å². The van der Waals surface area contributed by atoms with E-state index in [1.807, 2.05) is 48.7 Å². The van der Waals surface area contributed by atoms with Gasteiger partial charge in [-0.15, -0.1) is 11.3 Å². The maximum absolute atomic E-state index is 9.50. The molecule has 1 aromatic heterocycles. The van der Waals surface area contributed by atoms with Gasteiger partial charge < -0.3 is 5.32 Å². The lowest BCUT2D eigenvalue weighted by atomic mass is 10.1. The largest absolute Gasteiger partial charge is 0.360 e. The fourth-order valence-corrected chi connectivity index (χ4v) is 3.64. The average molecular weight is 410 g/mol. The Balaban J connectivity index is 1.85. The summed E-state index contributed by atoms with van der Waals surface area (Å²) in [5.74, 6) is 0. The van der Waals surface area contributed by atoms with E-state index in [2.05, 4.69) is 45.3 Å². The third kappa shape index (κ3) is 4.16. The number of allylic oxidation sites excluding steroid dienone is 1. The van der Waals surface area contributed by atoms with E-state index in [0.717, 1.165) is 27.0 Å². The number of benzene rings is 2. The Bertz CT molecular complexity index is 983. The van der Waals surface area contributed by atoms with Crippen molar-refractivity contribution in [2.75, 3.05) is 5.32 Å². The first kappa shape index (κ1) is 17.4. The van der Waals surface area contributed by atoms with Gasteiger partial charge in [0.25, 0.3) is 0 Å². The van der Waals surface area contributed by atoms with Gasteiger partial charge in [-0.25, -0.2) is 4.98 Å². The molecule has 0 radical (unpaired) electrons. The molecule has 0 saturated carbocycles. The molecule has 0 aliphatic carbocycles. The molecule has 0 amide bonds. The lowest BCUT2D eigenvalue weighted by Crippen LogP contribution is -1.94. The Kier molecular flexibility index (Phi) is 5.32. The lowest BCUT2D eigenvalue weighted by Gasteiger charge is -2.06. The first-order valence-electron chi connectivity index (χ1n) is 7.73. The van der Waals surface area contributed by atoms with Crippen LogP contribution < -0.4 is 5.32 Å². The van der Waals surface area contributed by atoms with E-state index in [-0.39, 0.29) is 0 Å². The molecule has 1 heterocycles. The van der Waals surface area contributed by atoms with Gasteiger partial charge in [-0.1, -0.05) is 45.8 Å². The smallest absolute Gasteiger partial charge is 0.136 e. The third-order valence-corrected chi connectivity index (χ3v) is 5.10. The molecule has 5 heteroatoms. The average Bonchev–Trinajstić information content (AvgIpc) is 3.07. The number of hydrogen-bond acceptors (Lipinski definition) is 4. The summed E-state index contributed by atoms with van der Waals surface area (Å²) in [5, 5.41) is 15.4. The van der Waals surface area contributed by atoms with E-state index in [1.165, 1.54) is 16.9 Å². The second-order valence-corrected chi connectivity index (χ2v) is 7.45. The van der Waals surface area contributed by atoms with Crippen molar-refractivity contribution >= 4 is 38.5 Å². The summed E-state index contributed by atoms with van der Waals surface area (Å²) < 4.78 is 1.01. The van der Waals surface area contributed by atoms with Gasteiger partial charge in [0.1, 0.15) is 16.6 Å². The number of nitrogens with one attached hydrogen (secondary N) is 1. The van der Waals surface area contributed by atoms with Crippen molar-refractivity contribution in [2.45, 2.75) is 13.8 Å². The fourth-order valence-electron chi connectivity index (χ4n) is 2.45.